The van der Waals surface area contributed by atoms with Crippen molar-refractivity contribution >= 4 is 11.8 Å². The van der Waals surface area contributed by atoms with Gasteiger partial charge >= 0.3 is 5.97 Å². The van der Waals surface area contributed by atoms with Crippen molar-refractivity contribution in [3.63, 3.8) is 0 Å². The average molecular weight is 259 g/mol. The van der Waals surface area contributed by atoms with Gasteiger partial charge in [-0.15, -0.1) is 10.2 Å². The van der Waals surface area contributed by atoms with E-state index >= 15 is 0 Å². The smallest absolute Gasteiger partial charge is 0.322 e. The van der Waals surface area contributed by atoms with E-state index in [-0.39, 0.29) is 6.54 Å². The Kier molecular flexibility index (Phi) is 3.92. The van der Waals surface area contributed by atoms with Gasteiger partial charge in [-0.25, -0.2) is 0 Å². The Hall–Kier alpha value is -2.63. The van der Waals surface area contributed by atoms with Crippen molar-refractivity contribution in [1.82, 2.24) is 10.2 Å². The van der Waals surface area contributed by atoms with E-state index in [0.29, 0.717) is 11.5 Å². The molecule has 6 heteroatoms. The van der Waals surface area contributed by atoms with Gasteiger partial charge in [0.1, 0.15) is 18.1 Å². The molecular formula is C13H13N3O3. The van der Waals surface area contributed by atoms with E-state index in [0.717, 1.165) is 11.3 Å². The van der Waals surface area contributed by atoms with E-state index in [1.54, 1.807) is 19.2 Å². The van der Waals surface area contributed by atoms with Gasteiger partial charge < -0.3 is 15.2 Å². The molecule has 0 fully saturated rings. The summed E-state index contributed by atoms with van der Waals surface area (Å²) >= 11 is 0. The van der Waals surface area contributed by atoms with Gasteiger partial charge in [0.05, 0.1) is 12.8 Å². The largest absolute Gasteiger partial charge is 0.497 e. The molecule has 0 saturated heterocycles. The molecule has 1 aromatic heterocycles. The number of benzene rings is 1. The highest BCUT2D eigenvalue weighted by Crippen LogP contribution is 2.20. The summed E-state index contributed by atoms with van der Waals surface area (Å²) in [6, 6.07) is 10.9. The fourth-order valence-corrected chi connectivity index (χ4v) is 1.51. The molecule has 0 radical (unpaired) electrons. The highest BCUT2D eigenvalue weighted by atomic mass is 16.5. The third-order valence-corrected chi connectivity index (χ3v) is 2.47. The van der Waals surface area contributed by atoms with Crippen LogP contribution in [0.15, 0.2) is 36.4 Å². The lowest BCUT2D eigenvalue weighted by Gasteiger charge is -2.04. The number of carboxylic acids is 1. The number of hydrogen-bond acceptors (Lipinski definition) is 5. The Balaban J connectivity index is 2.10. The van der Waals surface area contributed by atoms with Gasteiger partial charge in [0.25, 0.3) is 0 Å². The number of aromatic nitrogens is 2. The highest BCUT2D eigenvalue weighted by molar-refractivity contribution is 5.72. The van der Waals surface area contributed by atoms with E-state index in [2.05, 4.69) is 15.5 Å². The molecule has 0 spiro atoms. The monoisotopic (exact) mass is 259 g/mol. The molecule has 2 rings (SSSR count). The van der Waals surface area contributed by atoms with Gasteiger partial charge in [-0.3, -0.25) is 4.79 Å². The van der Waals surface area contributed by atoms with Crippen molar-refractivity contribution in [2.45, 2.75) is 0 Å². The summed E-state index contributed by atoms with van der Waals surface area (Å²) in [6.45, 7) is -0.184. The maximum atomic E-state index is 10.4. The van der Waals surface area contributed by atoms with E-state index < -0.39 is 5.97 Å². The molecule has 19 heavy (non-hydrogen) atoms. The van der Waals surface area contributed by atoms with Crippen LogP contribution in [-0.4, -0.2) is 34.9 Å². The fourth-order valence-electron chi connectivity index (χ4n) is 1.51. The molecule has 0 saturated carbocycles. The first kappa shape index (κ1) is 12.8. The fraction of sp³-hybridized carbons (Fsp3) is 0.154. The van der Waals surface area contributed by atoms with Crippen molar-refractivity contribution in [3.8, 4) is 17.0 Å². The zero-order valence-electron chi connectivity index (χ0n) is 10.3. The minimum Gasteiger partial charge on any atom is -0.497 e. The molecule has 1 heterocycles. The molecule has 0 aliphatic rings. The van der Waals surface area contributed by atoms with Crippen molar-refractivity contribution in [3.05, 3.63) is 36.4 Å². The van der Waals surface area contributed by atoms with E-state index in [1.807, 2.05) is 24.3 Å². The SMILES string of the molecule is COc1ccc(-c2ccc(NCC(=O)O)nn2)cc1. The Morgan fingerprint density at radius 3 is 2.47 bits per heavy atom. The zero-order chi connectivity index (χ0) is 13.7. The number of rotatable bonds is 5. The summed E-state index contributed by atoms with van der Waals surface area (Å²) in [7, 11) is 1.61. The summed E-state index contributed by atoms with van der Waals surface area (Å²) in [4.78, 5) is 10.4. The Labute approximate surface area is 110 Å². The first-order valence-electron chi connectivity index (χ1n) is 5.63. The number of ether oxygens (including phenoxy) is 1. The topological polar surface area (TPSA) is 84.3 Å². The Morgan fingerprint density at radius 2 is 1.95 bits per heavy atom. The molecule has 2 N–H and O–H groups in total. The molecule has 0 unspecified atom stereocenters. The quantitative estimate of drug-likeness (QED) is 0.849. The maximum Gasteiger partial charge on any atom is 0.322 e. The number of aliphatic carboxylic acids is 1. The molecule has 98 valence electrons. The second-order valence-electron chi connectivity index (χ2n) is 3.78. The van der Waals surface area contributed by atoms with Crippen molar-refractivity contribution in [2.24, 2.45) is 0 Å². The zero-order valence-corrected chi connectivity index (χ0v) is 10.3. The van der Waals surface area contributed by atoms with Gasteiger partial charge in [0, 0.05) is 5.56 Å². The van der Waals surface area contributed by atoms with E-state index in [4.69, 9.17) is 9.84 Å². The number of methoxy groups -OCH3 is 1. The number of hydrogen-bond donors (Lipinski definition) is 2. The van der Waals surface area contributed by atoms with Crippen LogP contribution < -0.4 is 10.1 Å². The molecule has 0 bridgehead atoms. The molecule has 0 atom stereocenters. The predicted molar refractivity (Wildman–Crippen MR) is 70.1 cm³/mol. The summed E-state index contributed by atoms with van der Waals surface area (Å²) in [5, 5.41) is 19.1. The van der Waals surface area contributed by atoms with Gasteiger partial charge in [-0.2, -0.15) is 0 Å². The highest BCUT2D eigenvalue weighted by Gasteiger charge is 2.02. The maximum absolute atomic E-state index is 10.4. The number of carboxylic acid groups (broad SMARTS) is 1. The van der Waals surface area contributed by atoms with Crippen LogP contribution in [0.3, 0.4) is 0 Å². The molecule has 1 aromatic carbocycles. The predicted octanol–water partition coefficient (Wildman–Crippen LogP) is 1.65. The van der Waals surface area contributed by atoms with Crippen LogP contribution in [0.25, 0.3) is 11.3 Å². The number of anilines is 1. The normalized spacial score (nSPS) is 9.95. The van der Waals surface area contributed by atoms with Gasteiger partial charge in [-0.05, 0) is 36.4 Å². The van der Waals surface area contributed by atoms with E-state index in [9.17, 15) is 4.79 Å². The lowest BCUT2D eigenvalue weighted by molar-refractivity contribution is -0.134. The van der Waals surface area contributed by atoms with Crippen molar-refractivity contribution in [1.29, 1.82) is 0 Å². The van der Waals surface area contributed by atoms with Crippen LogP contribution in [0.2, 0.25) is 0 Å². The lowest BCUT2D eigenvalue weighted by atomic mass is 10.1. The number of nitrogens with one attached hydrogen (secondary N) is 1. The van der Waals surface area contributed by atoms with Crippen molar-refractivity contribution in [2.75, 3.05) is 19.0 Å². The summed E-state index contributed by atoms with van der Waals surface area (Å²) < 4.78 is 5.08. The molecule has 0 aliphatic heterocycles. The Bertz CT molecular complexity index is 552. The van der Waals surface area contributed by atoms with Crippen LogP contribution in [-0.2, 0) is 4.79 Å². The molecule has 2 aromatic rings. The third-order valence-electron chi connectivity index (χ3n) is 2.47. The van der Waals surface area contributed by atoms with E-state index in [1.165, 1.54) is 0 Å². The molecule has 0 aliphatic carbocycles. The second kappa shape index (κ2) is 5.81. The minimum atomic E-state index is -0.943. The molecular weight excluding hydrogens is 246 g/mol. The number of nitrogens with zero attached hydrogens (tertiary/aromatic N) is 2. The van der Waals surface area contributed by atoms with Crippen LogP contribution in [0.5, 0.6) is 5.75 Å². The standard InChI is InChI=1S/C13H13N3O3/c1-19-10-4-2-9(3-5-10)11-6-7-12(16-15-11)14-8-13(17)18/h2-7H,8H2,1H3,(H,14,16)(H,17,18). The van der Waals surface area contributed by atoms with Crippen LogP contribution >= 0.6 is 0 Å². The average Bonchev–Trinajstić information content (AvgIpc) is 2.46. The van der Waals surface area contributed by atoms with Crippen LogP contribution in [0, 0.1) is 0 Å². The molecule has 0 amide bonds. The first-order chi connectivity index (χ1) is 9.19. The summed E-state index contributed by atoms with van der Waals surface area (Å²) in [5.41, 5.74) is 1.63. The first-order valence-corrected chi connectivity index (χ1v) is 5.63. The third kappa shape index (κ3) is 3.41. The summed E-state index contributed by atoms with van der Waals surface area (Å²) in [5.74, 6) is 0.261. The van der Waals surface area contributed by atoms with Crippen LogP contribution in [0.4, 0.5) is 5.82 Å². The second-order valence-corrected chi connectivity index (χ2v) is 3.78. The lowest BCUT2D eigenvalue weighted by Crippen LogP contribution is -2.13. The number of carbonyl (C=O) groups is 1. The van der Waals surface area contributed by atoms with Crippen molar-refractivity contribution < 1.29 is 14.6 Å². The van der Waals surface area contributed by atoms with Gasteiger partial charge in [-0.1, -0.05) is 0 Å². The van der Waals surface area contributed by atoms with Gasteiger partial charge in [0.15, 0.2) is 0 Å². The minimum absolute atomic E-state index is 0.184. The Morgan fingerprint density at radius 1 is 1.21 bits per heavy atom. The summed E-state index contributed by atoms with van der Waals surface area (Å²) in [6.07, 6.45) is 0. The van der Waals surface area contributed by atoms with Crippen LogP contribution in [0.1, 0.15) is 0 Å². The van der Waals surface area contributed by atoms with Gasteiger partial charge in [0.2, 0.25) is 0 Å². The molecule has 6 nitrogen and oxygen atoms in total.